The minimum absolute atomic E-state index is 0.271. The molecular weight excluding hydrogens is 290 g/mol. The Hall–Kier alpha value is -1.74. The van der Waals surface area contributed by atoms with E-state index in [1.54, 1.807) is 11.8 Å². The van der Waals surface area contributed by atoms with Gasteiger partial charge in [0.1, 0.15) is 0 Å². The number of rotatable bonds is 5. The van der Waals surface area contributed by atoms with Gasteiger partial charge in [0.2, 0.25) is 5.91 Å². The van der Waals surface area contributed by atoms with Crippen LogP contribution in [0.15, 0.2) is 65.6 Å². The number of nitrogens with zero attached hydrogens (tertiary/aromatic N) is 1. The Balaban J connectivity index is 1.57. The van der Waals surface area contributed by atoms with Gasteiger partial charge in [-0.1, -0.05) is 48.5 Å². The number of hydrogen-bond donors (Lipinski definition) is 0. The molecule has 0 bridgehead atoms. The summed E-state index contributed by atoms with van der Waals surface area (Å²) < 4.78 is 0. The van der Waals surface area contributed by atoms with Gasteiger partial charge in [-0.15, -0.1) is 11.8 Å². The Morgan fingerprint density at radius 1 is 1.05 bits per heavy atom. The van der Waals surface area contributed by atoms with Crippen LogP contribution in [0, 0.1) is 0 Å². The van der Waals surface area contributed by atoms with Crippen LogP contribution >= 0.6 is 11.8 Å². The van der Waals surface area contributed by atoms with Gasteiger partial charge in [0.05, 0.1) is 5.75 Å². The van der Waals surface area contributed by atoms with Crippen molar-refractivity contribution >= 4 is 17.7 Å². The molecule has 0 saturated carbocycles. The minimum Gasteiger partial charge on any atom is -0.339 e. The lowest BCUT2D eigenvalue weighted by molar-refractivity contribution is -0.129. The third kappa shape index (κ3) is 3.92. The smallest absolute Gasteiger partial charge is 0.233 e. The number of hydrogen-bond acceptors (Lipinski definition) is 2. The van der Waals surface area contributed by atoms with Crippen molar-refractivity contribution in [1.29, 1.82) is 0 Å². The van der Waals surface area contributed by atoms with Crippen LogP contribution in [0.25, 0.3) is 0 Å². The van der Waals surface area contributed by atoms with Gasteiger partial charge in [0, 0.05) is 17.5 Å². The first-order chi connectivity index (χ1) is 10.8. The molecular formula is C19H21NOS. The fraction of sp³-hybridized carbons (Fsp3) is 0.316. The zero-order valence-corrected chi connectivity index (χ0v) is 13.5. The van der Waals surface area contributed by atoms with Gasteiger partial charge in [-0.2, -0.15) is 0 Å². The number of carbonyl (C=O) groups excluding carboxylic acids is 1. The summed E-state index contributed by atoms with van der Waals surface area (Å²) in [5.74, 6) is 0.808. The predicted octanol–water partition coefficient (Wildman–Crippen LogP) is 4.01. The van der Waals surface area contributed by atoms with E-state index in [9.17, 15) is 4.79 Å². The standard InChI is InChI=1S/C19H21NOS/c21-19(15-22-18-11-5-2-6-12-18)20-13-7-10-17(20)14-16-8-3-1-4-9-16/h1-6,8-9,11-12,17H,7,10,13-15H2. The van der Waals surface area contributed by atoms with Crippen molar-refractivity contribution in [2.24, 2.45) is 0 Å². The maximum absolute atomic E-state index is 12.5. The second-order valence-electron chi connectivity index (χ2n) is 5.67. The summed E-state index contributed by atoms with van der Waals surface area (Å²) in [4.78, 5) is 15.8. The van der Waals surface area contributed by atoms with E-state index in [1.165, 1.54) is 5.56 Å². The topological polar surface area (TPSA) is 20.3 Å². The molecule has 2 aromatic rings. The van der Waals surface area contributed by atoms with Gasteiger partial charge in [-0.3, -0.25) is 4.79 Å². The quantitative estimate of drug-likeness (QED) is 0.778. The van der Waals surface area contributed by atoms with Crippen molar-refractivity contribution in [1.82, 2.24) is 4.90 Å². The van der Waals surface area contributed by atoms with Crippen LogP contribution in [0.1, 0.15) is 18.4 Å². The largest absolute Gasteiger partial charge is 0.339 e. The highest BCUT2D eigenvalue weighted by Gasteiger charge is 2.28. The Morgan fingerprint density at radius 3 is 2.45 bits per heavy atom. The van der Waals surface area contributed by atoms with Gasteiger partial charge in [0.25, 0.3) is 0 Å². The van der Waals surface area contributed by atoms with E-state index >= 15 is 0 Å². The number of benzene rings is 2. The van der Waals surface area contributed by atoms with Crippen LogP contribution in [-0.2, 0) is 11.2 Å². The van der Waals surface area contributed by atoms with Crippen LogP contribution in [0.2, 0.25) is 0 Å². The normalized spacial score (nSPS) is 17.6. The van der Waals surface area contributed by atoms with Crippen LogP contribution in [0.5, 0.6) is 0 Å². The number of amides is 1. The highest BCUT2D eigenvalue weighted by molar-refractivity contribution is 8.00. The Morgan fingerprint density at radius 2 is 1.73 bits per heavy atom. The fourth-order valence-electron chi connectivity index (χ4n) is 3.01. The number of thioether (sulfide) groups is 1. The highest BCUT2D eigenvalue weighted by Crippen LogP contribution is 2.24. The molecule has 1 atom stereocenters. The summed E-state index contributed by atoms with van der Waals surface area (Å²) in [6.07, 6.45) is 3.22. The highest BCUT2D eigenvalue weighted by atomic mass is 32.2. The zero-order valence-electron chi connectivity index (χ0n) is 12.7. The average Bonchev–Trinajstić information content (AvgIpc) is 3.03. The molecule has 1 amide bonds. The second kappa shape index (κ2) is 7.50. The zero-order chi connectivity index (χ0) is 15.2. The molecule has 1 fully saturated rings. The average molecular weight is 311 g/mol. The molecule has 22 heavy (non-hydrogen) atoms. The molecule has 0 spiro atoms. The lowest BCUT2D eigenvalue weighted by atomic mass is 10.0. The van der Waals surface area contributed by atoms with Gasteiger partial charge in [-0.05, 0) is 37.0 Å². The maximum atomic E-state index is 12.5. The lowest BCUT2D eigenvalue weighted by Gasteiger charge is -2.24. The molecule has 3 heteroatoms. The van der Waals surface area contributed by atoms with Crippen LogP contribution in [0.3, 0.4) is 0 Å². The first kappa shape index (κ1) is 15.2. The molecule has 2 nitrogen and oxygen atoms in total. The maximum Gasteiger partial charge on any atom is 0.233 e. The molecule has 1 heterocycles. The molecule has 0 radical (unpaired) electrons. The van der Waals surface area contributed by atoms with E-state index in [0.29, 0.717) is 11.8 Å². The second-order valence-corrected chi connectivity index (χ2v) is 6.72. The third-order valence-electron chi connectivity index (χ3n) is 4.12. The van der Waals surface area contributed by atoms with Crippen LogP contribution in [-0.4, -0.2) is 29.1 Å². The Bertz CT molecular complexity index is 599. The molecule has 3 rings (SSSR count). The molecule has 0 N–H and O–H groups in total. The summed E-state index contributed by atoms with van der Waals surface area (Å²) in [6, 6.07) is 21.0. The van der Waals surface area contributed by atoms with Crippen molar-refractivity contribution in [3.8, 4) is 0 Å². The third-order valence-corrected chi connectivity index (χ3v) is 5.11. The van der Waals surface area contributed by atoms with E-state index in [2.05, 4.69) is 41.3 Å². The fourth-order valence-corrected chi connectivity index (χ4v) is 3.81. The first-order valence-electron chi connectivity index (χ1n) is 7.84. The molecule has 1 unspecified atom stereocenters. The Kier molecular flexibility index (Phi) is 5.17. The monoisotopic (exact) mass is 311 g/mol. The van der Waals surface area contributed by atoms with Crippen molar-refractivity contribution in [3.05, 3.63) is 66.2 Å². The first-order valence-corrected chi connectivity index (χ1v) is 8.83. The van der Waals surface area contributed by atoms with Crippen LogP contribution < -0.4 is 0 Å². The van der Waals surface area contributed by atoms with Crippen molar-refractivity contribution in [2.45, 2.75) is 30.2 Å². The SMILES string of the molecule is O=C(CSc1ccccc1)N1CCCC1Cc1ccccc1. The summed E-state index contributed by atoms with van der Waals surface area (Å²) in [6.45, 7) is 0.908. The van der Waals surface area contributed by atoms with Gasteiger partial charge < -0.3 is 4.90 Å². The van der Waals surface area contributed by atoms with E-state index in [-0.39, 0.29) is 5.91 Å². The van der Waals surface area contributed by atoms with Crippen molar-refractivity contribution in [3.63, 3.8) is 0 Å². The molecule has 1 saturated heterocycles. The predicted molar refractivity (Wildman–Crippen MR) is 92.0 cm³/mol. The molecule has 0 aliphatic carbocycles. The lowest BCUT2D eigenvalue weighted by Crippen LogP contribution is -2.37. The summed E-state index contributed by atoms with van der Waals surface area (Å²) in [5.41, 5.74) is 1.32. The summed E-state index contributed by atoms with van der Waals surface area (Å²) in [7, 11) is 0. The van der Waals surface area contributed by atoms with Gasteiger partial charge in [0.15, 0.2) is 0 Å². The summed E-state index contributed by atoms with van der Waals surface area (Å²) in [5, 5.41) is 0. The van der Waals surface area contributed by atoms with E-state index in [1.807, 2.05) is 24.3 Å². The minimum atomic E-state index is 0.271. The molecule has 114 valence electrons. The Labute approximate surface area is 136 Å². The molecule has 2 aromatic carbocycles. The summed E-state index contributed by atoms with van der Waals surface area (Å²) >= 11 is 1.63. The van der Waals surface area contributed by atoms with E-state index in [0.717, 1.165) is 30.7 Å². The van der Waals surface area contributed by atoms with Crippen molar-refractivity contribution in [2.75, 3.05) is 12.3 Å². The van der Waals surface area contributed by atoms with Crippen LogP contribution in [0.4, 0.5) is 0 Å². The van der Waals surface area contributed by atoms with E-state index < -0.39 is 0 Å². The van der Waals surface area contributed by atoms with Gasteiger partial charge in [-0.25, -0.2) is 0 Å². The number of carbonyl (C=O) groups is 1. The van der Waals surface area contributed by atoms with E-state index in [4.69, 9.17) is 0 Å². The van der Waals surface area contributed by atoms with Gasteiger partial charge >= 0.3 is 0 Å². The molecule has 1 aliphatic heterocycles. The van der Waals surface area contributed by atoms with Crippen molar-refractivity contribution < 1.29 is 4.79 Å². The number of likely N-dealkylation sites (tertiary alicyclic amines) is 1. The molecule has 1 aliphatic rings. The molecule has 0 aromatic heterocycles.